The van der Waals surface area contributed by atoms with Crippen LogP contribution >= 0.6 is 0 Å². The van der Waals surface area contributed by atoms with E-state index in [2.05, 4.69) is 4.98 Å². The number of nitriles is 2. The van der Waals surface area contributed by atoms with Crippen molar-refractivity contribution in [3.63, 3.8) is 0 Å². The molecule has 56 valence electrons. The molecule has 0 unspecified atom stereocenters. The molecular formula is C7H8N4. The molecule has 1 aromatic heterocycles. The maximum Gasteiger partial charge on any atom is 0.190 e. The number of hydrogen-bond acceptors (Lipinski definition) is 3. The predicted molar refractivity (Wildman–Crippen MR) is 39.9 cm³/mol. The fourth-order valence-corrected chi connectivity index (χ4v) is 0.445. The van der Waals surface area contributed by atoms with Gasteiger partial charge in [-0.15, -0.1) is 0 Å². The lowest BCUT2D eigenvalue weighted by molar-refractivity contribution is 1.20. The number of nitrogens with zero attached hydrogens (tertiary/aromatic N) is 2. The molecule has 0 amide bonds. The summed E-state index contributed by atoms with van der Waals surface area (Å²) in [5, 5.41) is 16.7. The highest BCUT2D eigenvalue weighted by Crippen LogP contribution is 1.86. The largest absolute Gasteiger partial charge is 0.365 e. The maximum atomic E-state index is 7.48. The van der Waals surface area contributed by atoms with Crippen LogP contribution in [0.15, 0.2) is 18.3 Å². The van der Waals surface area contributed by atoms with E-state index in [1.54, 1.807) is 5.32 Å². The molecule has 0 atom stereocenters. The van der Waals surface area contributed by atoms with Gasteiger partial charge in [0.15, 0.2) is 12.4 Å². The second-order valence-electron chi connectivity index (χ2n) is 1.70. The molecule has 0 bridgehead atoms. The number of nitrogens with one attached hydrogen (secondary N) is 2. The van der Waals surface area contributed by atoms with Crippen LogP contribution in [0.5, 0.6) is 0 Å². The Kier molecular flexibility index (Phi) is 5.09. The molecule has 0 aliphatic heterocycles. The molecule has 2 N–H and O–H groups in total. The molecule has 1 rings (SSSR count). The summed E-state index contributed by atoms with van der Waals surface area (Å²) in [6, 6.07) is 4.01. The number of hydrogen-bond donors (Lipinski definition) is 2. The predicted octanol–water partition coefficient (Wildman–Crippen LogP) is 0.861. The van der Waals surface area contributed by atoms with Crippen molar-refractivity contribution in [3.8, 4) is 12.4 Å². The van der Waals surface area contributed by atoms with Crippen molar-refractivity contribution in [3.05, 3.63) is 24.0 Å². The van der Waals surface area contributed by atoms with Crippen LogP contribution in [-0.2, 0) is 0 Å². The van der Waals surface area contributed by atoms with Crippen molar-refractivity contribution in [1.29, 1.82) is 10.5 Å². The lowest BCUT2D eigenvalue weighted by atomic mass is 10.5. The van der Waals surface area contributed by atoms with Crippen LogP contribution in [0.4, 0.5) is 0 Å². The summed E-state index contributed by atoms with van der Waals surface area (Å²) in [6.45, 7) is 2.03. The van der Waals surface area contributed by atoms with Crippen molar-refractivity contribution in [2.45, 2.75) is 6.92 Å². The zero-order valence-electron chi connectivity index (χ0n) is 6.13. The summed E-state index contributed by atoms with van der Waals surface area (Å²) in [7, 11) is 0. The monoisotopic (exact) mass is 148 g/mol. The van der Waals surface area contributed by atoms with Gasteiger partial charge in [-0.3, -0.25) is 0 Å². The summed E-state index contributed by atoms with van der Waals surface area (Å²) in [4.78, 5) is 3.00. The Morgan fingerprint density at radius 1 is 1.45 bits per heavy atom. The molecule has 1 heterocycles. The Labute approximate surface area is 65.1 Å². The topological polar surface area (TPSA) is 75.4 Å². The molecule has 0 aliphatic carbocycles. The summed E-state index contributed by atoms with van der Waals surface area (Å²) in [6.07, 6.45) is 4.72. The average molecular weight is 148 g/mol. The van der Waals surface area contributed by atoms with Gasteiger partial charge in [-0.1, -0.05) is 0 Å². The smallest absolute Gasteiger partial charge is 0.190 e. The van der Waals surface area contributed by atoms with Gasteiger partial charge in [0.1, 0.15) is 0 Å². The van der Waals surface area contributed by atoms with Crippen LogP contribution in [0.2, 0.25) is 0 Å². The van der Waals surface area contributed by atoms with Crippen LogP contribution in [0.3, 0.4) is 0 Å². The quantitative estimate of drug-likeness (QED) is 0.423. The van der Waals surface area contributed by atoms with Crippen LogP contribution in [0, 0.1) is 29.8 Å². The molecule has 0 saturated heterocycles. The first-order chi connectivity index (χ1) is 5.31. The van der Waals surface area contributed by atoms with Crippen LogP contribution in [-0.4, -0.2) is 4.98 Å². The minimum Gasteiger partial charge on any atom is -0.365 e. The van der Waals surface area contributed by atoms with Gasteiger partial charge in [0.05, 0.1) is 0 Å². The summed E-state index contributed by atoms with van der Waals surface area (Å²) in [5.74, 6) is 0. The van der Waals surface area contributed by atoms with E-state index in [9.17, 15) is 0 Å². The third-order valence-corrected chi connectivity index (χ3v) is 0.865. The van der Waals surface area contributed by atoms with Crippen molar-refractivity contribution in [2.75, 3.05) is 0 Å². The Morgan fingerprint density at radius 3 is 2.18 bits per heavy atom. The van der Waals surface area contributed by atoms with Gasteiger partial charge in [0.2, 0.25) is 0 Å². The van der Waals surface area contributed by atoms with Gasteiger partial charge in [0.25, 0.3) is 0 Å². The molecular weight excluding hydrogens is 140 g/mol. The van der Waals surface area contributed by atoms with E-state index in [-0.39, 0.29) is 0 Å². The first-order valence-electron chi connectivity index (χ1n) is 2.94. The molecule has 4 nitrogen and oxygen atoms in total. The molecule has 0 aromatic carbocycles. The number of H-pyrrole nitrogens is 1. The normalized spacial score (nSPS) is 6.45. The molecule has 4 heteroatoms. The standard InChI is InChI=1S/C5H7N.C2HN3/c1-5-3-2-4-6-5;3-1-5-2-4/h2-4,6H,1H3;5H. The van der Waals surface area contributed by atoms with E-state index in [1.165, 1.54) is 18.1 Å². The first kappa shape index (κ1) is 9.06. The minimum atomic E-state index is 1.22. The Bertz CT molecular complexity index is 237. The van der Waals surface area contributed by atoms with E-state index in [4.69, 9.17) is 10.5 Å². The zero-order valence-corrected chi connectivity index (χ0v) is 6.13. The Morgan fingerprint density at radius 2 is 2.09 bits per heavy atom. The van der Waals surface area contributed by atoms with E-state index in [0.717, 1.165) is 0 Å². The zero-order chi connectivity index (χ0) is 8.53. The summed E-state index contributed by atoms with van der Waals surface area (Å²) in [5.41, 5.74) is 1.22. The Hall–Kier alpha value is -1.94. The average Bonchev–Trinajstić information content (AvgIpc) is 2.43. The highest BCUT2D eigenvalue weighted by Gasteiger charge is 1.72. The SMILES string of the molecule is Cc1ccc[nH]1.N#CNC#N. The number of aryl methyl sites for hydroxylation is 1. The third-order valence-electron chi connectivity index (χ3n) is 0.865. The first-order valence-corrected chi connectivity index (χ1v) is 2.94. The van der Waals surface area contributed by atoms with Gasteiger partial charge in [-0.05, 0) is 19.1 Å². The molecule has 0 saturated carbocycles. The van der Waals surface area contributed by atoms with Crippen molar-refractivity contribution in [1.82, 2.24) is 10.3 Å². The number of aromatic amines is 1. The van der Waals surface area contributed by atoms with Gasteiger partial charge < -0.3 is 4.98 Å². The Balaban J connectivity index is 0.000000187. The second kappa shape index (κ2) is 6.18. The summed E-state index contributed by atoms with van der Waals surface area (Å²) < 4.78 is 0. The van der Waals surface area contributed by atoms with Gasteiger partial charge in [0, 0.05) is 11.9 Å². The molecule has 1 aromatic rings. The molecule has 0 aliphatic rings. The summed E-state index contributed by atoms with van der Waals surface area (Å²) >= 11 is 0. The van der Waals surface area contributed by atoms with Crippen molar-refractivity contribution < 1.29 is 0 Å². The fourth-order valence-electron chi connectivity index (χ4n) is 0.445. The number of aromatic nitrogens is 1. The molecule has 11 heavy (non-hydrogen) atoms. The van der Waals surface area contributed by atoms with E-state index >= 15 is 0 Å². The lowest BCUT2D eigenvalue weighted by Crippen LogP contribution is -1.88. The van der Waals surface area contributed by atoms with Crippen molar-refractivity contribution >= 4 is 0 Å². The van der Waals surface area contributed by atoms with Crippen LogP contribution < -0.4 is 5.32 Å². The molecule has 0 radical (unpaired) electrons. The van der Waals surface area contributed by atoms with Gasteiger partial charge in [-0.25, -0.2) is 5.32 Å². The second-order valence-corrected chi connectivity index (χ2v) is 1.70. The van der Waals surface area contributed by atoms with Crippen LogP contribution in [0.25, 0.3) is 0 Å². The number of rotatable bonds is 0. The maximum absolute atomic E-state index is 7.48. The van der Waals surface area contributed by atoms with Gasteiger partial charge in [-0.2, -0.15) is 10.5 Å². The van der Waals surface area contributed by atoms with E-state index < -0.39 is 0 Å². The minimum absolute atomic E-state index is 1.22. The fraction of sp³-hybridized carbons (Fsp3) is 0.143. The highest BCUT2D eigenvalue weighted by molar-refractivity contribution is 4.99. The highest BCUT2D eigenvalue weighted by atomic mass is 14.8. The van der Waals surface area contributed by atoms with Gasteiger partial charge >= 0.3 is 0 Å². The molecule has 0 spiro atoms. The van der Waals surface area contributed by atoms with Crippen molar-refractivity contribution in [2.24, 2.45) is 0 Å². The van der Waals surface area contributed by atoms with Crippen LogP contribution in [0.1, 0.15) is 5.69 Å². The van der Waals surface area contributed by atoms with E-state index in [0.29, 0.717) is 0 Å². The third kappa shape index (κ3) is 5.94. The van der Waals surface area contributed by atoms with E-state index in [1.807, 2.05) is 25.3 Å². The lowest BCUT2D eigenvalue weighted by Gasteiger charge is -1.70. The molecule has 0 fully saturated rings.